The molecular formula is C18H16N6O. The molecule has 0 bridgehead atoms. The van der Waals surface area contributed by atoms with Gasteiger partial charge in [-0.3, -0.25) is 9.78 Å². The zero-order valence-corrected chi connectivity index (χ0v) is 13.4. The first kappa shape index (κ1) is 16.3. The van der Waals surface area contributed by atoms with E-state index in [1.54, 1.807) is 41.4 Å². The van der Waals surface area contributed by atoms with Gasteiger partial charge in [-0.15, -0.1) is 5.10 Å². The number of carbonyl (C=O) groups excluding carboxylic acids is 1. The maximum atomic E-state index is 11.8. The number of hydrogen-bond acceptors (Lipinski definition) is 5. The minimum Gasteiger partial charge on any atom is -0.267 e. The van der Waals surface area contributed by atoms with Gasteiger partial charge in [0.05, 0.1) is 12.7 Å². The van der Waals surface area contributed by atoms with Gasteiger partial charge < -0.3 is 0 Å². The molecule has 0 aliphatic rings. The number of benzene rings is 1. The third kappa shape index (κ3) is 4.93. The lowest BCUT2D eigenvalue weighted by molar-refractivity contribution is 0.0955. The van der Waals surface area contributed by atoms with Gasteiger partial charge in [-0.2, -0.15) is 5.10 Å². The van der Waals surface area contributed by atoms with Crippen molar-refractivity contribution in [1.29, 1.82) is 0 Å². The van der Waals surface area contributed by atoms with Gasteiger partial charge in [0.15, 0.2) is 0 Å². The average molecular weight is 332 g/mol. The lowest BCUT2D eigenvalue weighted by Crippen LogP contribution is -2.17. The van der Waals surface area contributed by atoms with E-state index in [2.05, 4.69) is 25.8 Å². The van der Waals surface area contributed by atoms with E-state index in [0.717, 1.165) is 5.56 Å². The predicted molar refractivity (Wildman–Crippen MR) is 94.8 cm³/mol. The Morgan fingerprint density at radius 3 is 2.76 bits per heavy atom. The number of aromatic nitrogens is 4. The number of hydrazone groups is 1. The lowest BCUT2D eigenvalue weighted by atomic mass is 10.2. The second-order valence-electron chi connectivity index (χ2n) is 5.14. The first-order valence-electron chi connectivity index (χ1n) is 7.65. The summed E-state index contributed by atoms with van der Waals surface area (Å²) in [5.74, 6) is -0.291. The third-order valence-electron chi connectivity index (χ3n) is 3.28. The molecule has 0 saturated heterocycles. The highest BCUT2D eigenvalue weighted by Crippen LogP contribution is 2.03. The van der Waals surface area contributed by atoms with Crippen molar-refractivity contribution in [3.8, 4) is 0 Å². The molecule has 3 rings (SSSR count). The van der Waals surface area contributed by atoms with E-state index in [4.69, 9.17) is 0 Å². The van der Waals surface area contributed by atoms with Crippen LogP contribution in [0.3, 0.4) is 0 Å². The van der Waals surface area contributed by atoms with Crippen LogP contribution in [0.1, 0.15) is 21.6 Å². The summed E-state index contributed by atoms with van der Waals surface area (Å²) >= 11 is 0. The van der Waals surface area contributed by atoms with Gasteiger partial charge in [0.1, 0.15) is 5.69 Å². The predicted octanol–water partition coefficient (Wildman–Crippen LogP) is 2.15. The number of amides is 1. The molecule has 0 spiro atoms. The Kier molecular flexibility index (Phi) is 5.40. The zero-order chi connectivity index (χ0) is 17.3. The largest absolute Gasteiger partial charge is 0.271 e. The number of allylic oxidation sites excluding steroid dienone is 1. The van der Waals surface area contributed by atoms with Crippen LogP contribution in [0.15, 0.2) is 72.2 Å². The molecule has 3 aromatic rings. The standard InChI is InChI=1S/C18H16N6O/c25-18(16-8-11-19-12-9-16)22-20-10-4-7-17-14-24(23-21-17)13-15-5-2-1-3-6-15/h1-12,14H,13H2,(H,22,25)/b7-4+,20-10-. The second kappa shape index (κ2) is 8.30. The fraction of sp³-hybridized carbons (Fsp3) is 0.0556. The Hall–Kier alpha value is -3.61. The van der Waals surface area contributed by atoms with Crippen molar-refractivity contribution in [2.75, 3.05) is 0 Å². The molecule has 1 N–H and O–H groups in total. The Balaban J connectivity index is 1.50. The van der Waals surface area contributed by atoms with E-state index < -0.39 is 0 Å². The summed E-state index contributed by atoms with van der Waals surface area (Å²) in [6.45, 7) is 0.664. The molecule has 0 atom stereocenters. The van der Waals surface area contributed by atoms with Crippen molar-refractivity contribution in [2.45, 2.75) is 6.54 Å². The summed E-state index contributed by atoms with van der Waals surface area (Å²) in [6, 6.07) is 13.3. The van der Waals surface area contributed by atoms with Gasteiger partial charge in [0.2, 0.25) is 0 Å². The van der Waals surface area contributed by atoms with Gasteiger partial charge in [0.25, 0.3) is 5.91 Å². The quantitative estimate of drug-likeness (QED) is 0.554. The average Bonchev–Trinajstić information content (AvgIpc) is 3.10. The van der Waals surface area contributed by atoms with Gasteiger partial charge in [-0.25, -0.2) is 10.1 Å². The summed E-state index contributed by atoms with van der Waals surface area (Å²) in [6.07, 6.45) is 9.87. The van der Waals surface area contributed by atoms with E-state index in [0.29, 0.717) is 17.8 Å². The maximum absolute atomic E-state index is 11.8. The van der Waals surface area contributed by atoms with Crippen LogP contribution in [0.5, 0.6) is 0 Å². The van der Waals surface area contributed by atoms with Crippen molar-refractivity contribution < 1.29 is 4.79 Å². The lowest BCUT2D eigenvalue weighted by Gasteiger charge is -1.98. The number of carbonyl (C=O) groups is 1. The van der Waals surface area contributed by atoms with Crippen molar-refractivity contribution in [2.24, 2.45) is 5.10 Å². The SMILES string of the molecule is O=C(N/N=C\C=C\c1cn(Cc2ccccc2)nn1)c1ccncc1. The molecular weight excluding hydrogens is 316 g/mol. The molecule has 0 unspecified atom stereocenters. The summed E-state index contributed by atoms with van der Waals surface area (Å²) in [5, 5.41) is 12.0. The smallest absolute Gasteiger partial charge is 0.267 e. The highest BCUT2D eigenvalue weighted by Gasteiger charge is 2.01. The Bertz CT molecular complexity index is 871. The van der Waals surface area contributed by atoms with Gasteiger partial charge in [-0.1, -0.05) is 35.5 Å². The number of nitrogens with zero attached hydrogens (tertiary/aromatic N) is 5. The molecule has 7 heteroatoms. The minimum absolute atomic E-state index is 0.291. The highest BCUT2D eigenvalue weighted by atomic mass is 16.2. The molecule has 0 saturated carbocycles. The van der Waals surface area contributed by atoms with Crippen LogP contribution in [-0.2, 0) is 6.54 Å². The fourth-order valence-electron chi connectivity index (χ4n) is 2.09. The first-order valence-corrected chi connectivity index (χ1v) is 7.65. The van der Waals surface area contributed by atoms with Crippen molar-refractivity contribution in [1.82, 2.24) is 25.4 Å². The van der Waals surface area contributed by atoms with Crippen LogP contribution in [0, 0.1) is 0 Å². The Labute approximate surface area is 144 Å². The van der Waals surface area contributed by atoms with E-state index in [-0.39, 0.29) is 5.91 Å². The zero-order valence-electron chi connectivity index (χ0n) is 13.4. The molecule has 25 heavy (non-hydrogen) atoms. The molecule has 0 fully saturated rings. The van der Waals surface area contributed by atoms with Crippen LogP contribution in [0.2, 0.25) is 0 Å². The Morgan fingerprint density at radius 1 is 1.16 bits per heavy atom. The molecule has 124 valence electrons. The van der Waals surface area contributed by atoms with Crippen LogP contribution in [0.25, 0.3) is 6.08 Å². The number of nitrogens with one attached hydrogen (secondary N) is 1. The highest BCUT2D eigenvalue weighted by molar-refractivity contribution is 5.94. The van der Waals surface area contributed by atoms with Gasteiger partial charge in [-0.05, 0) is 29.8 Å². The van der Waals surface area contributed by atoms with Gasteiger partial charge >= 0.3 is 0 Å². The first-order chi connectivity index (χ1) is 12.3. The Morgan fingerprint density at radius 2 is 1.96 bits per heavy atom. The summed E-state index contributed by atoms with van der Waals surface area (Å²) < 4.78 is 1.76. The van der Waals surface area contributed by atoms with Crippen LogP contribution in [0.4, 0.5) is 0 Å². The molecule has 0 radical (unpaired) electrons. The van der Waals surface area contributed by atoms with Crippen molar-refractivity contribution in [3.05, 3.63) is 84.0 Å². The minimum atomic E-state index is -0.291. The summed E-state index contributed by atoms with van der Waals surface area (Å²) in [5.41, 5.74) is 4.80. The molecule has 2 aromatic heterocycles. The topological polar surface area (TPSA) is 85.1 Å². The number of hydrogen-bond donors (Lipinski definition) is 1. The molecule has 0 aliphatic heterocycles. The van der Waals surface area contributed by atoms with Crippen molar-refractivity contribution in [3.63, 3.8) is 0 Å². The molecule has 1 amide bonds. The molecule has 7 nitrogen and oxygen atoms in total. The fourth-order valence-corrected chi connectivity index (χ4v) is 2.09. The van der Waals surface area contributed by atoms with Crippen LogP contribution < -0.4 is 5.43 Å². The van der Waals surface area contributed by atoms with E-state index in [1.165, 1.54) is 6.21 Å². The van der Waals surface area contributed by atoms with Crippen LogP contribution in [-0.4, -0.2) is 32.1 Å². The molecule has 0 aliphatic carbocycles. The number of rotatable bonds is 6. The maximum Gasteiger partial charge on any atom is 0.271 e. The molecule has 2 heterocycles. The summed E-state index contributed by atoms with van der Waals surface area (Å²) in [7, 11) is 0. The monoisotopic (exact) mass is 332 g/mol. The van der Waals surface area contributed by atoms with Gasteiger partial charge in [0, 0.05) is 24.2 Å². The van der Waals surface area contributed by atoms with Crippen molar-refractivity contribution >= 4 is 18.2 Å². The third-order valence-corrected chi connectivity index (χ3v) is 3.28. The molecule has 1 aromatic carbocycles. The van der Waals surface area contributed by atoms with E-state index in [1.807, 2.05) is 36.5 Å². The second-order valence-corrected chi connectivity index (χ2v) is 5.14. The number of pyridine rings is 1. The summed E-state index contributed by atoms with van der Waals surface area (Å²) in [4.78, 5) is 15.6. The normalized spacial score (nSPS) is 11.2. The van der Waals surface area contributed by atoms with E-state index in [9.17, 15) is 4.79 Å². The van der Waals surface area contributed by atoms with Crippen LogP contribution >= 0.6 is 0 Å². The van der Waals surface area contributed by atoms with E-state index >= 15 is 0 Å².